The molecule has 2 heterocycles. The largest absolute Gasteiger partial charge is 0.496 e. The summed E-state index contributed by atoms with van der Waals surface area (Å²) in [7, 11) is 1.56. The van der Waals surface area contributed by atoms with Crippen molar-refractivity contribution in [3.05, 3.63) is 71.6 Å². The van der Waals surface area contributed by atoms with Crippen LogP contribution in [0.4, 0.5) is 0 Å². The van der Waals surface area contributed by atoms with Crippen molar-refractivity contribution >= 4 is 34.4 Å². The SMILES string of the molecule is COc1ccccc1-c1nc(C(=O)N[C@@H](CC(C)C)C(=O)O)cn1-c1ccnc2cc(Cl)ccc12. The number of aromatic nitrogens is 3. The quantitative estimate of drug-likeness (QED) is 0.359. The number of hydrogen-bond donors (Lipinski definition) is 2. The van der Waals surface area contributed by atoms with E-state index < -0.39 is 17.9 Å². The second kappa shape index (κ2) is 10.1. The van der Waals surface area contributed by atoms with Gasteiger partial charge >= 0.3 is 5.97 Å². The molecule has 0 saturated heterocycles. The van der Waals surface area contributed by atoms with Gasteiger partial charge in [-0.15, -0.1) is 0 Å². The number of carboxylic acid groups (broad SMARTS) is 1. The number of rotatable bonds is 8. The molecule has 0 aliphatic carbocycles. The summed E-state index contributed by atoms with van der Waals surface area (Å²) in [6, 6.07) is 13.5. The van der Waals surface area contributed by atoms with Crippen molar-refractivity contribution in [3.8, 4) is 22.8 Å². The monoisotopic (exact) mass is 492 g/mol. The number of para-hydroxylation sites is 1. The molecule has 0 spiro atoms. The molecule has 0 fully saturated rings. The fourth-order valence-electron chi connectivity index (χ4n) is 3.93. The third kappa shape index (κ3) is 5.12. The number of amides is 1. The average Bonchev–Trinajstić information content (AvgIpc) is 3.28. The lowest BCUT2D eigenvalue weighted by Gasteiger charge is -2.15. The molecule has 0 bridgehead atoms. The van der Waals surface area contributed by atoms with Gasteiger partial charge in [0.2, 0.25) is 0 Å². The maximum atomic E-state index is 13.1. The highest BCUT2D eigenvalue weighted by atomic mass is 35.5. The van der Waals surface area contributed by atoms with Gasteiger partial charge in [0, 0.05) is 22.8 Å². The second-order valence-corrected chi connectivity index (χ2v) is 8.94. The summed E-state index contributed by atoms with van der Waals surface area (Å²) in [5.41, 5.74) is 2.17. The van der Waals surface area contributed by atoms with Gasteiger partial charge in [0.1, 0.15) is 23.3 Å². The van der Waals surface area contributed by atoms with E-state index in [1.165, 1.54) is 0 Å². The summed E-state index contributed by atoms with van der Waals surface area (Å²) in [5.74, 6) is -0.530. The average molecular weight is 493 g/mol. The van der Waals surface area contributed by atoms with Gasteiger partial charge in [-0.3, -0.25) is 14.3 Å². The highest BCUT2D eigenvalue weighted by molar-refractivity contribution is 6.31. The van der Waals surface area contributed by atoms with Crippen molar-refractivity contribution in [2.24, 2.45) is 5.92 Å². The smallest absolute Gasteiger partial charge is 0.326 e. The van der Waals surface area contributed by atoms with Crippen LogP contribution >= 0.6 is 11.6 Å². The predicted octanol–water partition coefficient (Wildman–Crippen LogP) is 4.98. The van der Waals surface area contributed by atoms with Gasteiger partial charge < -0.3 is 15.2 Å². The van der Waals surface area contributed by atoms with E-state index in [0.29, 0.717) is 34.1 Å². The third-order valence-corrected chi connectivity index (χ3v) is 5.77. The molecule has 2 N–H and O–H groups in total. The molecule has 9 heteroatoms. The van der Waals surface area contributed by atoms with Crippen LogP contribution in [0.25, 0.3) is 28.0 Å². The van der Waals surface area contributed by atoms with Crippen molar-refractivity contribution in [2.45, 2.75) is 26.3 Å². The minimum Gasteiger partial charge on any atom is -0.496 e. The highest BCUT2D eigenvalue weighted by Crippen LogP contribution is 2.33. The van der Waals surface area contributed by atoms with Crippen LogP contribution in [0, 0.1) is 5.92 Å². The molecule has 2 aromatic carbocycles. The fraction of sp³-hybridized carbons (Fsp3) is 0.231. The van der Waals surface area contributed by atoms with E-state index in [0.717, 1.165) is 11.1 Å². The molecule has 4 rings (SSSR count). The first-order chi connectivity index (χ1) is 16.8. The third-order valence-electron chi connectivity index (χ3n) is 5.54. The van der Waals surface area contributed by atoms with Gasteiger partial charge in [-0.05, 0) is 48.7 Å². The molecule has 2 aromatic heterocycles. The van der Waals surface area contributed by atoms with E-state index in [-0.39, 0.29) is 11.6 Å². The summed E-state index contributed by atoms with van der Waals surface area (Å²) in [4.78, 5) is 33.8. The first-order valence-corrected chi connectivity index (χ1v) is 11.5. The van der Waals surface area contributed by atoms with E-state index in [1.807, 2.05) is 50.2 Å². The van der Waals surface area contributed by atoms with Crippen molar-refractivity contribution in [1.29, 1.82) is 0 Å². The first kappa shape index (κ1) is 24.2. The van der Waals surface area contributed by atoms with Crippen molar-refractivity contribution in [3.63, 3.8) is 0 Å². The maximum absolute atomic E-state index is 13.1. The molecule has 0 aliphatic heterocycles. The summed E-state index contributed by atoms with van der Waals surface area (Å²) in [5, 5.41) is 13.5. The zero-order valence-corrected chi connectivity index (χ0v) is 20.3. The van der Waals surface area contributed by atoms with Gasteiger partial charge in [0.05, 0.1) is 23.9 Å². The molecule has 35 heavy (non-hydrogen) atoms. The number of ether oxygens (including phenoxy) is 1. The van der Waals surface area contributed by atoms with Crippen LogP contribution in [0.5, 0.6) is 5.75 Å². The number of aliphatic carboxylic acids is 1. The molecule has 0 unspecified atom stereocenters. The number of carbonyl (C=O) groups excluding carboxylic acids is 1. The number of methoxy groups -OCH3 is 1. The van der Waals surface area contributed by atoms with E-state index in [9.17, 15) is 14.7 Å². The van der Waals surface area contributed by atoms with Crippen molar-refractivity contribution < 1.29 is 19.4 Å². The predicted molar refractivity (Wildman–Crippen MR) is 134 cm³/mol. The van der Waals surface area contributed by atoms with Gasteiger partial charge in [0.15, 0.2) is 0 Å². The molecular formula is C26H25ClN4O4. The van der Waals surface area contributed by atoms with Crippen molar-refractivity contribution in [2.75, 3.05) is 7.11 Å². The van der Waals surface area contributed by atoms with Crippen LogP contribution in [0.2, 0.25) is 5.02 Å². The molecular weight excluding hydrogens is 468 g/mol. The molecule has 1 amide bonds. The van der Waals surface area contributed by atoms with Crippen LogP contribution in [0.15, 0.2) is 60.9 Å². The number of nitrogens with one attached hydrogen (secondary N) is 1. The number of nitrogens with zero attached hydrogens (tertiary/aromatic N) is 3. The fourth-order valence-corrected chi connectivity index (χ4v) is 4.10. The van der Waals surface area contributed by atoms with Crippen LogP contribution < -0.4 is 10.1 Å². The normalized spacial score (nSPS) is 12.0. The highest BCUT2D eigenvalue weighted by Gasteiger charge is 2.25. The Morgan fingerprint density at radius 2 is 1.94 bits per heavy atom. The molecule has 180 valence electrons. The Morgan fingerprint density at radius 1 is 1.17 bits per heavy atom. The van der Waals surface area contributed by atoms with E-state index in [2.05, 4.69) is 15.3 Å². The number of carbonyl (C=O) groups is 2. The molecule has 0 saturated carbocycles. The summed E-state index contributed by atoms with van der Waals surface area (Å²) >= 11 is 6.16. The van der Waals surface area contributed by atoms with E-state index in [4.69, 9.17) is 16.3 Å². The maximum Gasteiger partial charge on any atom is 0.326 e. The molecule has 4 aromatic rings. The molecule has 8 nitrogen and oxygen atoms in total. The number of hydrogen-bond acceptors (Lipinski definition) is 5. The van der Waals surface area contributed by atoms with Crippen molar-refractivity contribution in [1.82, 2.24) is 19.9 Å². The standard InChI is InChI=1S/C26H25ClN4O4/c1-15(2)12-20(26(33)34)30-25(32)21-14-31(24(29-21)18-6-4-5-7-23(18)35-3)22-10-11-28-19-13-16(27)8-9-17(19)22/h4-11,13-15,20H,12H2,1-3H3,(H,30,32)(H,33,34)/t20-/m0/s1. The van der Waals surface area contributed by atoms with Crippen LogP contribution in [-0.4, -0.2) is 44.7 Å². The van der Waals surface area contributed by atoms with Crippen LogP contribution in [0.3, 0.4) is 0 Å². The van der Waals surface area contributed by atoms with Gasteiger partial charge in [0.25, 0.3) is 5.91 Å². The molecule has 0 radical (unpaired) electrons. The number of imidazole rings is 1. The Hall–Kier alpha value is -3.91. The zero-order valence-electron chi connectivity index (χ0n) is 19.5. The van der Waals surface area contributed by atoms with Gasteiger partial charge in [-0.25, -0.2) is 9.78 Å². The Bertz CT molecular complexity index is 1400. The lowest BCUT2D eigenvalue weighted by Crippen LogP contribution is -2.41. The Morgan fingerprint density at radius 3 is 2.66 bits per heavy atom. The number of benzene rings is 2. The van der Waals surface area contributed by atoms with Crippen LogP contribution in [-0.2, 0) is 4.79 Å². The zero-order chi connectivity index (χ0) is 25.1. The summed E-state index contributed by atoms with van der Waals surface area (Å²) in [6.45, 7) is 3.80. The number of carboxylic acids is 1. The van der Waals surface area contributed by atoms with Gasteiger partial charge in [-0.1, -0.05) is 37.6 Å². The van der Waals surface area contributed by atoms with E-state index in [1.54, 1.807) is 36.2 Å². The Labute approximate surface area is 207 Å². The summed E-state index contributed by atoms with van der Waals surface area (Å²) < 4.78 is 7.32. The number of pyridine rings is 1. The number of halogens is 1. The van der Waals surface area contributed by atoms with Gasteiger partial charge in [-0.2, -0.15) is 0 Å². The lowest BCUT2D eigenvalue weighted by atomic mass is 10.0. The minimum absolute atomic E-state index is 0.0832. The topological polar surface area (TPSA) is 106 Å². The second-order valence-electron chi connectivity index (χ2n) is 8.51. The Kier molecular flexibility index (Phi) is 7.02. The van der Waals surface area contributed by atoms with Crippen LogP contribution in [0.1, 0.15) is 30.8 Å². The summed E-state index contributed by atoms with van der Waals surface area (Å²) in [6.07, 6.45) is 3.55. The lowest BCUT2D eigenvalue weighted by molar-refractivity contribution is -0.139. The first-order valence-electron chi connectivity index (χ1n) is 11.1. The minimum atomic E-state index is -1.09. The van der Waals surface area contributed by atoms with E-state index >= 15 is 0 Å². The number of fused-ring (bicyclic) bond motifs is 1. The molecule has 0 aliphatic rings. The Balaban J connectivity index is 1.87. The molecule has 1 atom stereocenters.